The van der Waals surface area contributed by atoms with Crippen LogP contribution in [0.3, 0.4) is 0 Å². The summed E-state index contributed by atoms with van der Waals surface area (Å²) in [7, 11) is 0. The first kappa shape index (κ1) is 10.6. The lowest BCUT2D eigenvalue weighted by Crippen LogP contribution is -2.35. The molecule has 0 aliphatic rings. The summed E-state index contributed by atoms with van der Waals surface area (Å²) in [6.45, 7) is 1.98. The van der Waals surface area contributed by atoms with E-state index in [0.717, 1.165) is 6.42 Å². The molecule has 0 fully saturated rings. The smallest absolute Gasteiger partial charge is 0.242 e. The Bertz CT molecular complexity index is 288. The van der Waals surface area contributed by atoms with Crippen molar-refractivity contribution in [3.8, 4) is 0 Å². The van der Waals surface area contributed by atoms with E-state index in [9.17, 15) is 4.79 Å². The molecule has 1 heterocycles. The van der Waals surface area contributed by atoms with Gasteiger partial charge in [0.2, 0.25) is 5.91 Å². The summed E-state index contributed by atoms with van der Waals surface area (Å²) in [5.41, 5.74) is 5.62. The van der Waals surface area contributed by atoms with Crippen molar-refractivity contribution in [1.29, 1.82) is 0 Å². The fourth-order valence-electron chi connectivity index (χ4n) is 1.02. The highest BCUT2D eigenvalue weighted by Crippen LogP contribution is 2.00. The van der Waals surface area contributed by atoms with E-state index in [0.29, 0.717) is 12.2 Å². The number of hydrogen-bond donors (Lipinski definition) is 2. The molecule has 5 nitrogen and oxygen atoms in total. The van der Waals surface area contributed by atoms with Gasteiger partial charge < -0.3 is 11.1 Å². The molecule has 1 aromatic heterocycles. The molecular formula is C9H14N4O. The molecule has 1 atom stereocenters. The number of nitrogens with two attached hydrogens (primary N) is 1. The maximum absolute atomic E-state index is 11.4. The first-order valence-electron chi connectivity index (χ1n) is 4.56. The molecular weight excluding hydrogens is 180 g/mol. The van der Waals surface area contributed by atoms with E-state index in [1.54, 1.807) is 6.20 Å². The maximum atomic E-state index is 11.4. The van der Waals surface area contributed by atoms with Crippen molar-refractivity contribution in [3.05, 3.63) is 18.6 Å². The van der Waals surface area contributed by atoms with Crippen LogP contribution in [0.2, 0.25) is 0 Å². The third-order valence-electron chi connectivity index (χ3n) is 1.75. The average Bonchev–Trinajstić information content (AvgIpc) is 2.19. The second-order valence-electron chi connectivity index (χ2n) is 2.98. The first-order chi connectivity index (χ1) is 6.74. The van der Waals surface area contributed by atoms with Crippen molar-refractivity contribution in [1.82, 2.24) is 9.97 Å². The zero-order valence-electron chi connectivity index (χ0n) is 8.10. The Labute approximate surface area is 82.7 Å². The number of hydrogen-bond acceptors (Lipinski definition) is 4. The van der Waals surface area contributed by atoms with Crippen LogP contribution >= 0.6 is 0 Å². The highest BCUT2D eigenvalue weighted by molar-refractivity contribution is 5.93. The van der Waals surface area contributed by atoms with Gasteiger partial charge in [-0.1, -0.05) is 13.3 Å². The van der Waals surface area contributed by atoms with Crippen LogP contribution in [-0.4, -0.2) is 21.9 Å². The van der Waals surface area contributed by atoms with Crippen molar-refractivity contribution in [2.75, 3.05) is 5.32 Å². The molecule has 0 saturated carbocycles. The molecule has 0 aliphatic carbocycles. The second kappa shape index (κ2) is 5.29. The predicted molar refractivity (Wildman–Crippen MR) is 53.5 cm³/mol. The number of aromatic nitrogens is 2. The molecule has 1 aromatic rings. The van der Waals surface area contributed by atoms with E-state index in [1.165, 1.54) is 12.4 Å². The van der Waals surface area contributed by atoms with Crippen molar-refractivity contribution >= 4 is 11.7 Å². The van der Waals surface area contributed by atoms with Crippen LogP contribution in [0.5, 0.6) is 0 Å². The second-order valence-corrected chi connectivity index (χ2v) is 2.98. The van der Waals surface area contributed by atoms with Gasteiger partial charge >= 0.3 is 0 Å². The lowest BCUT2D eigenvalue weighted by molar-refractivity contribution is -0.117. The molecule has 0 spiro atoms. The molecule has 14 heavy (non-hydrogen) atoms. The van der Waals surface area contributed by atoms with Crippen LogP contribution in [0.15, 0.2) is 18.6 Å². The van der Waals surface area contributed by atoms with Crippen molar-refractivity contribution in [2.45, 2.75) is 25.8 Å². The van der Waals surface area contributed by atoms with Crippen molar-refractivity contribution in [2.24, 2.45) is 5.73 Å². The summed E-state index contributed by atoms with van der Waals surface area (Å²) >= 11 is 0. The largest absolute Gasteiger partial charge is 0.320 e. The number of carbonyl (C=O) groups excluding carboxylic acids is 1. The van der Waals surface area contributed by atoms with Crippen LogP contribution in [0.1, 0.15) is 19.8 Å². The Hall–Kier alpha value is -1.49. The third kappa shape index (κ3) is 3.10. The number of carbonyl (C=O) groups is 1. The predicted octanol–water partition coefficient (Wildman–Crippen LogP) is 0.542. The molecule has 0 saturated heterocycles. The minimum absolute atomic E-state index is 0.215. The monoisotopic (exact) mass is 194 g/mol. The van der Waals surface area contributed by atoms with Gasteiger partial charge in [0, 0.05) is 12.4 Å². The van der Waals surface area contributed by atoms with Crippen LogP contribution in [-0.2, 0) is 4.79 Å². The Balaban J connectivity index is 2.49. The van der Waals surface area contributed by atoms with E-state index >= 15 is 0 Å². The molecule has 0 aromatic carbocycles. The highest BCUT2D eigenvalue weighted by Gasteiger charge is 2.12. The SMILES string of the molecule is CCC[C@@H](N)C(=O)Nc1cnccn1. The van der Waals surface area contributed by atoms with Gasteiger partial charge in [-0.15, -0.1) is 0 Å². The zero-order valence-corrected chi connectivity index (χ0v) is 8.10. The summed E-state index contributed by atoms with van der Waals surface area (Å²) in [6.07, 6.45) is 6.10. The van der Waals surface area contributed by atoms with Gasteiger partial charge in [-0.25, -0.2) is 4.98 Å². The van der Waals surface area contributed by atoms with Crippen molar-refractivity contribution in [3.63, 3.8) is 0 Å². The standard InChI is InChI=1S/C9H14N4O/c1-2-3-7(10)9(14)13-8-6-11-4-5-12-8/h4-7H,2-3,10H2,1H3,(H,12,13,14)/t7-/m1/s1. The van der Waals surface area contributed by atoms with Crippen LogP contribution in [0, 0.1) is 0 Å². The van der Waals surface area contributed by atoms with Gasteiger partial charge in [-0.2, -0.15) is 0 Å². The quantitative estimate of drug-likeness (QED) is 0.733. The van der Waals surface area contributed by atoms with E-state index in [4.69, 9.17) is 5.73 Å². The lowest BCUT2D eigenvalue weighted by atomic mass is 10.2. The summed E-state index contributed by atoms with van der Waals surface area (Å²) in [4.78, 5) is 19.1. The summed E-state index contributed by atoms with van der Waals surface area (Å²) < 4.78 is 0. The Morgan fingerprint density at radius 3 is 3.00 bits per heavy atom. The normalized spacial score (nSPS) is 12.1. The minimum atomic E-state index is -0.470. The molecule has 0 radical (unpaired) electrons. The van der Waals surface area contributed by atoms with E-state index in [1.807, 2.05) is 6.92 Å². The molecule has 0 aliphatic heterocycles. The van der Waals surface area contributed by atoms with E-state index in [-0.39, 0.29) is 5.91 Å². The molecule has 3 N–H and O–H groups in total. The fraction of sp³-hybridized carbons (Fsp3) is 0.444. The van der Waals surface area contributed by atoms with Gasteiger partial charge in [0.25, 0.3) is 0 Å². The van der Waals surface area contributed by atoms with Gasteiger partial charge in [-0.05, 0) is 6.42 Å². The summed E-state index contributed by atoms with van der Waals surface area (Å²) in [6, 6.07) is -0.470. The molecule has 1 rings (SSSR count). The Morgan fingerprint density at radius 1 is 1.64 bits per heavy atom. The Kier molecular flexibility index (Phi) is 4.00. The maximum Gasteiger partial charge on any atom is 0.242 e. The highest BCUT2D eigenvalue weighted by atomic mass is 16.2. The van der Waals surface area contributed by atoms with Crippen molar-refractivity contribution < 1.29 is 4.79 Å². The lowest BCUT2D eigenvalue weighted by Gasteiger charge is -2.09. The van der Waals surface area contributed by atoms with Gasteiger partial charge in [0.1, 0.15) is 0 Å². The topological polar surface area (TPSA) is 80.9 Å². The number of anilines is 1. The molecule has 5 heteroatoms. The van der Waals surface area contributed by atoms with Crippen LogP contribution < -0.4 is 11.1 Å². The zero-order chi connectivity index (χ0) is 10.4. The molecule has 0 unspecified atom stereocenters. The number of rotatable bonds is 4. The number of nitrogens with one attached hydrogen (secondary N) is 1. The number of amides is 1. The third-order valence-corrected chi connectivity index (χ3v) is 1.75. The Morgan fingerprint density at radius 2 is 2.43 bits per heavy atom. The first-order valence-corrected chi connectivity index (χ1v) is 4.56. The van der Waals surface area contributed by atoms with Gasteiger partial charge in [0.05, 0.1) is 12.2 Å². The van der Waals surface area contributed by atoms with Crippen LogP contribution in [0.4, 0.5) is 5.82 Å². The van der Waals surface area contributed by atoms with Gasteiger partial charge in [0.15, 0.2) is 5.82 Å². The fourth-order valence-corrected chi connectivity index (χ4v) is 1.02. The van der Waals surface area contributed by atoms with E-state index < -0.39 is 6.04 Å². The summed E-state index contributed by atoms with van der Waals surface area (Å²) in [5, 5.41) is 2.59. The van der Waals surface area contributed by atoms with Crippen LogP contribution in [0.25, 0.3) is 0 Å². The van der Waals surface area contributed by atoms with Gasteiger partial charge in [-0.3, -0.25) is 9.78 Å². The molecule has 1 amide bonds. The minimum Gasteiger partial charge on any atom is -0.320 e. The van der Waals surface area contributed by atoms with E-state index in [2.05, 4.69) is 15.3 Å². The molecule has 76 valence electrons. The molecule has 0 bridgehead atoms. The number of nitrogens with zero attached hydrogens (tertiary/aromatic N) is 2. The average molecular weight is 194 g/mol. The summed E-state index contributed by atoms with van der Waals surface area (Å²) in [5.74, 6) is 0.219.